The number of carbonyl (C=O) groups is 1. The highest BCUT2D eigenvalue weighted by Crippen LogP contribution is 2.32. The molecule has 0 atom stereocenters. The number of hydrogen-bond donors (Lipinski definition) is 1. The fourth-order valence-corrected chi connectivity index (χ4v) is 2.76. The third-order valence-corrected chi connectivity index (χ3v) is 4.07. The van der Waals surface area contributed by atoms with Crippen LogP contribution in [0.2, 0.25) is 0 Å². The van der Waals surface area contributed by atoms with E-state index in [0.717, 1.165) is 0 Å². The van der Waals surface area contributed by atoms with E-state index >= 15 is 0 Å². The van der Waals surface area contributed by atoms with Crippen molar-refractivity contribution in [1.29, 1.82) is 0 Å². The van der Waals surface area contributed by atoms with Crippen molar-refractivity contribution in [2.24, 2.45) is 0 Å². The van der Waals surface area contributed by atoms with E-state index in [4.69, 9.17) is 9.15 Å². The molecule has 0 spiro atoms. The second kappa shape index (κ2) is 9.18. The lowest BCUT2D eigenvalue weighted by Gasteiger charge is -2.08. The summed E-state index contributed by atoms with van der Waals surface area (Å²) in [6, 6.07) is 10.9. The van der Waals surface area contributed by atoms with Crippen LogP contribution in [0.3, 0.4) is 0 Å². The topological polar surface area (TPSA) is 81.8 Å². The number of Topliss-reactive ketones (excluding diaryl/α,β-unsaturated/α-hetero) is 1. The monoisotopic (exact) mass is 403 g/mol. The molecule has 6 nitrogen and oxygen atoms in total. The predicted octanol–water partition coefficient (Wildman–Crippen LogP) is 4.86. The maximum Gasteiger partial charge on any atom is 0.387 e. The van der Waals surface area contributed by atoms with Crippen LogP contribution in [0, 0.1) is 0 Å². The van der Waals surface area contributed by atoms with E-state index in [-0.39, 0.29) is 23.8 Å². The van der Waals surface area contributed by atoms with Gasteiger partial charge in [-0.2, -0.15) is 8.78 Å². The lowest BCUT2D eigenvalue weighted by molar-refractivity contribution is -0.0512. The van der Waals surface area contributed by atoms with E-state index in [0.29, 0.717) is 35.6 Å². The Morgan fingerprint density at radius 1 is 1.21 bits per heavy atom. The lowest BCUT2D eigenvalue weighted by atomic mass is 10.0. The number of hydrogen-bond acceptors (Lipinski definition) is 6. The molecule has 0 unspecified atom stereocenters. The number of alkyl halides is 2. The maximum absolute atomic E-state index is 12.5. The normalized spacial score (nSPS) is 10.9. The number of rotatable bonds is 9. The van der Waals surface area contributed by atoms with Gasteiger partial charge in [-0.25, -0.2) is 4.98 Å². The summed E-state index contributed by atoms with van der Waals surface area (Å²) in [6.45, 7) is -0.724. The summed E-state index contributed by atoms with van der Waals surface area (Å²) in [6.07, 6.45) is 1.97. The number of aromatic hydroxyl groups is 1. The zero-order valence-electron chi connectivity index (χ0n) is 15.6. The molecule has 0 saturated carbocycles. The minimum Gasteiger partial charge on any atom is -0.504 e. The molecule has 1 heterocycles. The summed E-state index contributed by atoms with van der Waals surface area (Å²) in [7, 11) is 0. The summed E-state index contributed by atoms with van der Waals surface area (Å²) in [4.78, 5) is 16.8. The Bertz CT molecular complexity index is 987. The number of aromatic nitrogens is 1. The highest BCUT2D eigenvalue weighted by atomic mass is 19.3. The Morgan fingerprint density at radius 2 is 2.00 bits per heavy atom. The molecule has 0 aliphatic heterocycles. The van der Waals surface area contributed by atoms with Crippen LogP contribution in [0.1, 0.15) is 29.4 Å². The predicted molar refractivity (Wildman–Crippen MR) is 100 cm³/mol. The van der Waals surface area contributed by atoms with Gasteiger partial charge in [-0.1, -0.05) is 12.1 Å². The number of halogens is 2. The van der Waals surface area contributed by atoms with Crippen molar-refractivity contribution in [3.63, 3.8) is 0 Å². The molecule has 29 heavy (non-hydrogen) atoms. The van der Waals surface area contributed by atoms with Gasteiger partial charge in [-0.3, -0.25) is 4.79 Å². The summed E-state index contributed by atoms with van der Waals surface area (Å²) in [5.41, 5.74) is 1.45. The van der Waals surface area contributed by atoms with Crippen LogP contribution in [-0.2, 0) is 6.42 Å². The molecule has 0 bridgehead atoms. The van der Waals surface area contributed by atoms with E-state index < -0.39 is 12.4 Å². The van der Waals surface area contributed by atoms with Gasteiger partial charge >= 0.3 is 6.61 Å². The molecule has 0 aliphatic rings. The number of aryl methyl sites for hydroxylation is 1. The molecule has 3 aromatic rings. The first-order chi connectivity index (χ1) is 14.0. The third kappa shape index (κ3) is 5.10. The zero-order valence-corrected chi connectivity index (χ0v) is 15.6. The fraction of sp³-hybridized carbons (Fsp3) is 0.238. The van der Waals surface area contributed by atoms with Gasteiger partial charge in [-0.15, -0.1) is 0 Å². The highest BCUT2D eigenvalue weighted by Gasteiger charge is 2.15. The largest absolute Gasteiger partial charge is 0.504 e. The molecule has 1 N–H and O–H groups in total. The lowest BCUT2D eigenvalue weighted by Crippen LogP contribution is -2.05. The number of ketones is 1. The average Bonchev–Trinajstić information content (AvgIpc) is 3.17. The summed E-state index contributed by atoms with van der Waals surface area (Å²) < 4.78 is 39.6. The highest BCUT2D eigenvalue weighted by molar-refractivity contribution is 5.98. The van der Waals surface area contributed by atoms with Gasteiger partial charge in [0.1, 0.15) is 12.0 Å². The quantitative estimate of drug-likeness (QED) is 0.514. The van der Waals surface area contributed by atoms with Crippen LogP contribution in [0.25, 0.3) is 11.5 Å². The van der Waals surface area contributed by atoms with Gasteiger partial charge in [0.2, 0.25) is 5.89 Å². The van der Waals surface area contributed by atoms with Gasteiger partial charge < -0.3 is 19.0 Å². The number of nitrogens with zero attached hydrogens (tertiary/aromatic N) is 1. The van der Waals surface area contributed by atoms with Crippen LogP contribution in [-0.4, -0.2) is 29.1 Å². The van der Waals surface area contributed by atoms with Crippen molar-refractivity contribution in [3.8, 4) is 28.7 Å². The van der Waals surface area contributed by atoms with E-state index in [1.54, 1.807) is 24.3 Å². The Balaban J connectivity index is 1.67. The van der Waals surface area contributed by atoms with E-state index in [1.165, 1.54) is 24.5 Å². The molecule has 0 radical (unpaired) electrons. The van der Waals surface area contributed by atoms with Crippen molar-refractivity contribution < 1.29 is 32.6 Å². The number of oxazole rings is 1. The van der Waals surface area contributed by atoms with Gasteiger partial charge in [0.15, 0.2) is 17.3 Å². The van der Waals surface area contributed by atoms with Gasteiger partial charge in [0.05, 0.1) is 17.9 Å². The molecule has 0 amide bonds. The fourth-order valence-electron chi connectivity index (χ4n) is 2.76. The third-order valence-electron chi connectivity index (χ3n) is 4.07. The smallest absolute Gasteiger partial charge is 0.387 e. The molecule has 0 aliphatic carbocycles. The van der Waals surface area contributed by atoms with Crippen LogP contribution in [0.15, 0.2) is 53.1 Å². The second-order valence-electron chi connectivity index (χ2n) is 6.06. The standard InChI is InChI=1S/C21H19F2NO5/c1-2-27-18-6-4-3-5-15(18)16(25)9-8-14-12-28-20(24-14)13-7-10-19(17(26)11-13)29-21(22)23/h3-7,10-12,21,26H,2,8-9H2,1H3. The second-order valence-corrected chi connectivity index (χ2v) is 6.06. The van der Waals surface area contributed by atoms with Crippen molar-refractivity contribution in [3.05, 3.63) is 60.0 Å². The van der Waals surface area contributed by atoms with Crippen LogP contribution in [0.4, 0.5) is 8.78 Å². The van der Waals surface area contributed by atoms with Gasteiger partial charge in [0.25, 0.3) is 0 Å². The number of phenolic OH excluding ortho intramolecular Hbond substituents is 1. The number of phenols is 1. The van der Waals surface area contributed by atoms with Crippen molar-refractivity contribution in [1.82, 2.24) is 4.98 Å². The zero-order chi connectivity index (χ0) is 20.8. The number of benzene rings is 2. The molecule has 152 valence electrons. The number of carbonyl (C=O) groups excluding carboxylic acids is 1. The molecule has 0 saturated heterocycles. The van der Waals surface area contributed by atoms with Crippen molar-refractivity contribution in [2.75, 3.05) is 6.61 Å². The summed E-state index contributed by atoms with van der Waals surface area (Å²) in [5, 5.41) is 9.80. The van der Waals surface area contributed by atoms with E-state index in [1.807, 2.05) is 6.92 Å². The summed E-state index contributed by atoms with van der Waals surface area (Å²) >= 11 is 0. The van der Waals surface area contributed by atoms with Crippen molar-refractivity contribution >= 4 is 5.78 Å². The summed E-state index contributed by atoms with van der Waals surface area (Å²) in [5.74, 6) is -0.132. The SMILES string of the molecule is CCOc1ccccc1C(=O)CCc1coc(-c2ccc(OC(F)F)c(O)c2)n1. The molecule has 8 heteroatoms. The Morgan fingerprint density at radius 3 is 2.72 bits per heavy atom. The van der Waals surface area contributed by atoms with E-state index in [9.17, 15) is 18.7 Å². The van der Waals surface area contributed by atoms with Crippen LogP contribution in [0.5, 0.6) is 17.2 Å². The first-order valence-corrected chi connectivity index (χ1v) is 8.95. The minimum atomic E-state index is -3.04. The Hall–Kier alpha value is -3.42. The van der Waals surface area contributed by atoms with Crippen molar-refractivity contribution in [2.45, 2.75) is 26.4 Å². The molecular formula is C21H19F2NO5. The first-order valence-electron chi connectivity index (χ1n) is 8.95. The number of ether oxygens (including phenoxy) is 2. The molecule has 3 rings (SSSR count). The first kappa shape index (κ1) is 20.3. The Labute approximate surface area is 165 Å². The molecule has 1 aromatic heterocycles. The Kier molecular flexibility index (Phi) is 6.43. The maximum atomic E-state index is 12.5. The van der Waals surface area contributed by atoms with Crippen LogP contribution >= 0.6 is 0 Å². The van der Waals surface area contributed by atoms with Gasteiger partial charge in [0, 0.05) is 18.4 Å². The molecule has 0 fully saturated rings. The van der Waals surface area contributed by atoms with Crippen LogP contribution < -0.4 is 9.47 Å². The molecule has 2 aromatic carbocycles. The number of para-hydroxylation sites is 1. The minimum absolute atomic E-state index is 0.0789. The average molecular weight is 403 g/mol. The molecular weight excluding hydrogens is 384 g/mol. The van der Waals surface area contributed by atoms with E-state index in [2.05, 4.69) is 9.72 Å². The van der Waals surface area contributed by atoms with Gasteiger partial charge in [-0.05, 0) is 37.3 Å².